The van der Waals surface area contributed by atoms with Crippen molar-refractivity contribution in [3.8, 4) is 22.3 Å². The largest absolute Gasteiger partial charge is 0.455 e. The summed E-state index contributed by atoms with van der Waals surface area (Å²) in [5.41, 5.74) is 14.5. The van der Waals surface area contributed by atoms with Crippen molar-refractivity contribution in [2.45, 2.75) is 5.41 Å². The van der Waals surface area contributed by atoms with Gasteiger partial charge in [-0.1, -0.05) is 188 Å². The number of benzene rings is 10. The zero-order valence-electron chi connectivity index (χ0n) is 32.2. The smallest absolute Gasteiger partial charge is 0.143 e. The lowest BCUT2D eigenvalue weighted by Crippen LogP contribution is -2.28. The van der Waals surface area contributed by atoms with E-state index in [1.165, 1.54) is 49.5 Å². The average Bonchev–Trinajstić information content (AvgIpc) is 3.85. The van der Waals surface area contributed by atoms with Crippen LogP contribution in [-0.2, 0) is 5.41 Å². The first-order chi connectivity index (χ1) is 29.3. The minimum Gasteiger partial charge on any atom is -0.455 e. The zero-order valence-corrected chi connectivity index (χ0v) is 32.2. The van der Waals surface area contributed by atoms with Crippen molar-refractivity contribution in [2.24, 2.45) is 0 Å². The molecule has 2 nitrogen and oxygen atoms in total. The van der Waals surface area contributed by atoms with Gasteiger partial charge in [-0.05, 0) is 86.1 Å². The van der Waals surface area contributed by atoms with Gasteiger partial charge in [-0.15, -0.1) is 0 Å². The fraction of sp³-hybridized carbons (Fsp3) is 0.0175. The summed E-state index contributed by atoms with van der Waals surface area (Å²) < 4.78 is 6.66. The molecule has 0 aliphatic heterocycles. The molecule has 1 heterocycles. The van der Waals surface area contributed by atoms with E-state index in [2.05, 4.69) is 229 Å². The summed E-state index contributed by atoms with van der Waals surface area (Å²) >= 11 is 0. The number of furan rings is 1. The number of hydrogen-bond acceptors (Lipinski definition) is 2. The van der Waals surface area contributed by atoms with Crippen LogP contribution >= 0.6 is 0 Å². The van der Waals surface area contributed by atoms with Gasteiger partial charge >= 0.3 is 0 Å². The first-order valence-electron chi connectivity index (χ1n) is 20.3. The molecule has 11 aromatic rings. The topological polar surface area (TPSA) is 16.4 Å². The number of fused-ring (bicyclic) bond motifs is 9. The Balaban J connectivity index is 1.14. The average molecular weight is 752 g/mol. The van der Waals surface area contributed by atoms with E-state index >= 15 is 0 Å². The van der Waals surface area contributed by atoms with Crippen molar-refractivity contribution in [1.82, 2.24) is 0 Å². The van der Waals surface area contributed by atoms with Crippen LogP contribution in [0, 0.1) is 0 Å². The number of hydrogen-bond donors (Lipinski definition) is 0. The van der Waals surface area contributed by atoms with Crippen LogP contribution < -0.4 is 4.90 Å². The van der Waals surface area contributed by atoms with Crippen LogP contribution in [0.2, 0.25) is 0 Å². The molecule has 0 bridgehead atoms. The predicted molar refractivity (Wildman–Crippen MR) is 246 cm³/mol. The minimum absolute atomic E-state index is 0.515. The van der Waals surface area contributed by atoms with Crippen LogP contribution in [0.3, 0.4) is 0 Å². The third-order valence-corrected chi connectivity index (χ3v) is 12.5. The van der Waals surface area contributed by atoms with E-state index in [1.54, 1.807) is 0 Å². The molecule has 12 rings (SSSR count). The number of nitrogens with zero attached hydrogens (tertiary/aromatic N) is 1. The van der Waals surface area contributed by atoms with Gasteiger partial charge < -0.3 is 9.32 Å². The molecule has 0 spiro atoms. The fourth-order valence-corrected chi connectivity index (χ4v) is 10.1. The Bertz CT molecular complexity index is 3350. The van der Waals surface area contributed by atoms with Gasteiger partial charge in [0.1, 0.15) is 11.2 Å². The van der Waals surface area contributed by atoms with Gasteiger partial charge in [0.05, 0.1) is 16.8 Å². The molecule has 0 amide bonds. The first-order valence-corrected chi connectivity index (χ1v) is 20.3. The van der Waals surface area contributed by atoms with Crippen molar-refractivity contribution in [2.75, 3.05) is 4.90 Å². The SMILES string of the molecule is c1ccc(C2(c3ccccc3)c3ccccc3-c3c(N(c4cccc(-c5cccc6oc7c8ccccc8ccc7c56)c4)c4cccc5ccccc45)cccc32)cc1. The molecule has 0 fully saturated rings. The van der Waals surface area contributed by atoms with E-state index in [1.807, 2.05) is 0 Å². The number of rotatable bonds is 6. The van der Waals surface area contributed by atoms with E-state index in [0.29, 0.717) is 0 Å². The Labute approximate surface area is 342 Å². The van der Waals surface area contributed by atoms with Gasteiger partial charge in [-0.3, -0.25) is 0 Å². The van der Waals surface area contributed by atoms with Gasteiger partial charge in [0, 0.05) is 32.8 Å². The van der Waals surface area contributed by atoms with Gasteiger partial charge in [0.2, 0.25) is 0 Å². The van der Waals surface area contributed by atoms with E-state index in [9.17, 15) is 0 Å². The molecule has 0 atom stereocenters. The molecule has 59 heavy (non-hydrogen) atoms. The maximum absolute atomic E-state index is 6.66. The van der Waals surface area contributed by atoms with Crippen molar-refractivity contribution in [1.29, 1.82) is 0 Å². The summed E-state index contributed by atoms with van der Waals surface area (Å²) in [5.74, 6) is 0. The lowest BCUT2D eigenvalue weighted by atomic mass is 9.68. The quantitative estimate of drug-likeness (QED) is 0.168. The molecule has 1 aromatic heterocycles. The Morgan fingerprint density at radius 1 is 0.390 bits per heavy atom. The maximum Gasteiger partial charge on any atom is 0.143 e. The minimum atomic E-state index is -0.515. The van der Waals surface area contributed by atoms with Gasteiger partial charge in [-0.25, -0.2) is 0 Å². The molecule has 276 valence electrons. The van der Waals surface area contributed by atoms with Crippen molar-refractivity contribution in [3.63, 3.8) is 0 Å². The summed E-state index contributed by atoms with van der Waals surface area (Å²) in [6, 6.07) is 81.8. The summed E-state index contributed by atoms with van der Waals surface area (Å²) in [7, 11) is 0. The summed E-state index contributed by atoms with van der Waals surface area (Å²) in [6.45, 7) is 0. The maximum atomic E-state index is 6.66. The molecular weight excluding hydrogens is 715 g/mol. The van der Waals surface area contributed by atoms with Crippen LogP contribution in [0.25, 0.3) is 65.7 Å². The van der Waals surface area contributed by atoms with Crippen molar-refractivity contribution in [3.05, 3.63) is 247 Å². The predicted octanol–water partition coefficient (Wildman–Crippen LogP) is 15.4. The second-order valence-corrected chi connectivity index (χ2v) is 15.6. The monoisotopic (exact) mass is 751 g/mol. The second kappa shape index (κ2) is 13.2. The lowest BCUT2D eigenvalue weighted by Gasteiger charge is -2.34. The first kappa shape index (κ1) is 33.5. The Morgan fingerprint density at radius 3 is 1.80 bits per heavy atom. The number of anilines is 3. The van der Waals surface area contributed by atoms with Crippen LogP contribution in [0.15, 0.2) is 229 Å². The highest BCUT2D eigenvalue weighted by Crippen LogP contribution is 2.59. The van der Waals surface area contributed by atoms with E-state index in [0.717, 1.165) is 55.5 Å². The van der Waals surface area contributed by atoms with E-state index in [-0.39, 0.29) is 0 Å². The standard InChI is InChI=1S/C57H37NO/c1-3-21-41(22-4-1)57(42-23-5-2-6-24-42)49-30-12-11-28-47(49)55-50(57)31-16-33-52(55)58(51-32-14-19-38-17-7-9-26-44(38)51)43-25-13-20-40(37-43)45-29-15-34-53-54(45)48-36-35-39-18-8-10-27-46(39)56(48)59-53/h1-37H. The molecule has 0 unspecified atom stereocenters. The normalized spacial score (nSPS) is 12.9. The molecule has 0 saturated heterocycles. The van der Waals surface area contributed by atoms with Crippen molar-refractivity contribution < 1.29 is 4.42 Å². The second-order valence-electron chi connectivity index (χ2n) is 15.6. The summed E-state index contributed by atoms with van der Waals surface area (Å²) in [5, 5.41) is 6.95. The van der Waals surface area contributed by atoms with Crippen molar-refractivity contribution >= 4 is 60.5 Å². The van der Waals surface area contributed by atoms with Crippen LogP contribution in [0.5, 0.6) is 0 Å². The van der Waals surface area contributed by atoms with E-state index in [4.69, 9.17) is 4.42 Å². The highest BCUT2D eigenvalue weighted by molar-refractivity contribution is 6.19. The van der Waals surface area contributed by atoms with Crippen LogP contribution in [0.1, 0.15) is 22.3 Å². The molecule has 0 saturated carbocycles. The highest BCUT2D eigenvalue weighted by atomic mass is 16.3. The summed E-state index contributed by atoms with van der Waals surface area (Å²) in [6.07, 6.45) is 0. The van der Waals surface area contributed by atoms with Crippen LogP contribution in [0.4, 0.5) is 17.1 Å². The molecule has 0 N–H and O–H groups in total. The third-order valence-electron chi connectivity index (χ3n) is 12.5. The zero-order chi connectivity index (χ0) is 38.9. The van der Waals surface area contributed by atoms with E-state index < -0.39 is 5.41 Å². The van der Waals surface area contributed by atoms with Crippen LogP contribution in [-0.4, -0.2) is 0 Å². The molecule has 10 aromatic carbocycles. The Morgan fingerprint density at radius 2 is 0.983 bits per heavy atom. The molecule has 2 heteroatoms. The summed E-state index contributed by atoms with van der Waals surface area (Å²) in [4.78, 5) is 2.49. The molecule has 1 aliphatic carbocycles. The third kappa shape index (κ3) is 4.93. The Hall–Kier alpha value is -7.68. The fourth-order valence-electron chi connectivity index (χ4n) is 10.1. The molecular formula is C57H37NO. The van der Waals surface area contributed by atoms with Gasteiger partial charge in [-0.2, -0.15) is 0 Å². The van der Waals surface area contributed by atoms with Gasteiger partial charge in [0.25, 0.3) is 0 Å². The van der Waals surface area contributed by atoms with Gasteiger partial charge in [0.15, 0.2) is 0 Å². The Kier molecular flexibility index (Phi) is 7.48. The highest BCUT2D eigenvalue weighted by Gasteiger charge is 2.47. The molecule has 0 radical (unpaired) electrons. The lowest BCUT2D eigenvalue weighted by molar-refractivity contribution is 0.673. The molecule has 1 aliphatic rings.